The average Bonchev–Trinajstić information content (AvgIpc) is 2.80. The van der Waals surface area contributed by atoms with E-state index in [1.807, 2.05) is 0 Å². The molecule has 40 heavy (non-hydrogen) atoms. The van der Waals surface area contributed by atoms with E-state index in [9.17, 15) is 33.6 Å². The van der Waals surface area contributed by atoms with Crippen molar-refractivity contribution in [2.45, 2.75) is 62.7 Å². The predicted octanol–water partition coefficient (Wildman–Crippen LogP) is -5.14. The van der Waals surface area contributed by atoms with Gasteiger partial charge in [0.25, 0.3) is 0 Å². The summed E-state index contributed by atoms with van der Waals surface area (Å²) in [6.45, 7) is 0.420. The number of aliphatic imine (C=N–C) groups is 1. The van der Waals surface area contributed by atoms with Crippen LogP contribution < -0.4 is 40.1 Å². The van der Waals surface area contributed by atoms with E-state index in [-0.39, 0.29) is 18.8 Å². The van der Waals surface area contributed by atoms with E-state index in [4.69, 9.17) is 70.8 Å². The Kier molecular flexibility index (Phi) is 26.3. The summed E-state index contributed by atoms with van der Waals surface area (Å²) in [4.78, 5) is 73.3. The number of aliphatic carboxylic acids is 6. The predicted molar refractivity (Wildman–Crippen MR) is 135 cm³/mol. The Morgan fingerprint density at radius 2 is 0.875 bits per heavy atom. The quantitative estimate of drug-likeness (QED) is 0.0484. The second-order valence-electron chi connectivity index (χ2n) is 7.43. The molecule has 0 radical (unpaired) electrons. The van der Waals surface area contributed by atoms with Crippen molar-refractivity contribution in [3.8, 4) is 0 Å². The zero-order valence-corrected chi connectivity index (χ0v) is 21.3. The number of hydrogen-bond donors (Lipinski definition) is 13. The van der Waals surface area contributed by atoms with Gasteiger partial charge in [-0.2, -0.15) is 0 Å². The summed E-state index contributed by atoms with van der Waals surface area (Å²) in [5.41, 5.74) is 34.8. The van der Waals surface area contributed by atoms with Crippen LogP contribution in [0.15, 0.2) is 4.99 Å². The standard InChI is InChI=1S/C6H14N4O2.C5H10N2O3.2C4H7NO4/c7-4(5(11)12)2-1-3-10-6(8)9;6-3(5(9)10)1-2-4(7)8;2*5-2(4(8)9)1-3(6)7/h4H,1-3,7H2,(H,11,12)(H4,8,9,10);3H,1-2,6H2,(H2,7,8)(H,9,10);2*2H,1,5H2,(H,6,7)(H,8,9)/t4-;3-;2*2-/m0000/s1. The highest BCUT2D eigenvalue weighted by Crippen LogP contribution is 1.94. The lowest BCUT2D eigenvalue weighted by Crippen LogP contribution is -2.32. The van der Waals surface area contributed by atoms with Gasteiger partial charge in [-0.25, -0.2) is 0 Å². The van der Waals surface area contributed by atoms with E-state index < -0.39 is 78.7 Å². The van der Waals surface area contributed by atoms with Gasteiger partial charge in [0, 0.05) is 13.0 Å². The molecule has 1 amide bonds. The van der Waals surface area contributed by atoms with Crippen molar-refractivity contribution < 1.29 is 64.2 Å². The van der Waals surface area contributed by atoms with Crippen molar-refractivity contribution in [3.63, 3.8) is 0 Å². The van der Waals surface area contributed by atoms with Crippen LogP contribution in [0.5, 0.6) is 0 Å². The van der Waals surface area contributed by atoms with Crippen LogP contribution in [-0.4, -0.2) is 109 Å². The van der Waals surface area contributed by atoms with Gasteiger partial charge in [0.05, 0.1) is 12.8 Å². The summed E-state index contributed by atoms with van der Waals surface area (Å²) in [6.07, 6.45) is 0.0142. The Morgan fingerprint density at radius 3 is 1.10 bits per heavy atom. The van der Waals surface area contributed by atoms with Gasteiger partial charge in [-0.15, -0.1) is 0 Å². The fourth-order valence-corrected chi connectivity index (χ4v) is 1.61. The Labute approximate surface area is 226 Å². The Morgan fingerprint density at radius 1 is 0.550 bits per heavy atom. The van der Waals surface area contributed by atoms with E-state index in [0.29, 0.717) is 19.4 Å². The van der Waals surface area contributed by atoms with Crippen LogP contribution in [-0.2, 0) is 33.6 Å². The number of carboxylic acid groups (broad SMARTS) is 6. The summed E-state index contributed by atoms with van der Waals surface area (Å²) in [6, 6.07) is -4.38. The van der Waals surface area contributed by atoms with Crippen molar-refractivity contribution in [1.82, 2.24) is 0 Å². The molecule has 0 aliphatic rings. The van der Waals surface area contributed by atoms with Gasteiger partial charge in [0.15, 0.2) is 5.96 Å². The smallest absolute Gasteiger partial charge is 0.321 e. The molecule has 0 aliphatic heterocycles. The molecule has 0 rings (SSSR count). The monoisotopic (exact) mass is 586 g/mol. The number of rotatable bonds is 15. The second kappa shape index (κ2) is 24.7. The Hall–Kier alpha value is -4.60. The molecule has 0 unspecified atom stereocenters. The number of carboxylic acids is 6. The van der Waals surface area contributed by atoms with Gasteiger partial charge in [-0.3, -0.25) is 38.6 Å². The van der Waals surface area contributed by atoms with E-state index in [1.165, 1.54) is 0 Å². The number of guanidine groups is 1. The van der Waals surface area contributed by atoms with Crippen molar-refractivity contribution >= 4 is 47.7 Å². The second-order valence-corrected chi connectivity index (χ2v) is 7.43. The summed E-state index contributed by atoms with van der Waals surface area (Å²) < 4.78 is 0. The van der Waals surface area contributed by atoms with Crippen LogP contribution in [0.3, 0.4) is 0 Å². The lowest BCUT2D eigenvalue weighted by Gasteiger charge is -2.03. The minimum atomic E-state index is -1.29. The molecule has 0 saturated carbocycles. The molecular formula is C19H38N8O13. The molecule has 0 saturated heterocycles. The molecule has 21 heteroatoms. The molecule has 20 N–H and O–H groups in total. The zero-order valence-electron chi connectivity index (χ0n) is 21.3. The first-order valence-electron chi connectivity index (χ1n) is 10.9. The highest BCUT2D eigenvalue weighted by molar-refractivity contribution is 5.81. The van der Waals surface area contributed by atoms with Crippen LogP contribution in [0.2, 0.25) is 0 Å². The first-order chi connectivity index (χ1) is 18.1. The first-order valence-corrected chi connectivity index (χ1v) is 10.9. The van der Waals surface area contributed by atoms with Crippen molar-refractivity contribution in [2.24, 2.45) is 45.1 Å². The van der Waals surface area contributed by atoms with Gasteiger partial charge < -0.3 is 70.8 Å². The van der Waals surface area contributed by atoms with Crippen LogP contribution in [0.4, 0.5) is 0 Å². The average molecular weight is 587 g/mol. The van der Waals surface area contributed by atoms with Crippen molar-refractivity contribution in [2.75, 3.05) is 6.54 Å². The minimum absolute atomic E-state index is 0.0129. The molecule has 4 atom stereocenters. The van der Waals surface area contributed by atoms with Crippen molar-refractivity contribution in [1.29, 1.82) is 0 Å². The topological polar surface area (TPSA) is 435 Å². The van der Waals surface area contributed by atoms with Crippen LogP contribution in [0.1, 0.15) is 38.5 Å². The molecule has 21 nitrogen and oxygen atoms in total. The minimum Gasteiger partial charge on any atom is -0.481 e. The molecule has 0 spiro atoms. The number of nitrogens with two attached hydrogens (primary N) is 7. The van der Waals surface area contributed by atoms with Crippen LogP contribution >= 0.6 is 0 Å². The lowest BCUT2D eigenvalue weighted by molar-refractivity contribution is -0.144. The lowest BCUT2D eigenvalue weighted by atomic mass is 10.2. The highest BCUT2D eigenvalue weighted by atomic mass is 16.4. The maximum Gasteiger partial charge on any atom is 0.321 e. The third-order valence-corrected chi connectivity index (χ3v) is 3.73. The van der Waals surface area contributed by atoms with E-state index >= 15 is 0 Å². The largest absolute Gasteiger partial charge is 0.481 e. The van der Waals surface area contributed by atoms with Crippen LogP contribution in [0.25, 0.3) is 0 Å². The van der Waals surface area contributed by atoms with Gasteiger partial charge >= 0.3 is 35.8 Å². The van der Waals surface area contributed by atoms with Gasteiger partial charge in [-0.1, -0.05) is 0 Å². The molecule has 0 fully saturated rings. The summed E-state index contributed by atoms with van der Waals surface area (Å²) in [7, 11) is 0. The van der Waals surface area contributed by atoms with Gasteiger partial charge in [-0.05, 0) is 19.3 Å². The number of nitrogens with zero attached hydrogens (tertiary/aromatic N) is 1. The van der Waals surface area contributed by atoms with Crippen molar-refractivity contribution in [3.05, 3.63) is 0 Å². The summed E-state index contributed by atoms with van der Waals surface area (Å²) in [5.74, 6) is -7.62. The molecule has 0 bridgehead atoms. The fraction of sp³-hybridized carbons (Fsp3) is 0.579. The van der Waals surface area contributed by atoms with E-state index in [2.05, 4.69) is 4.99 Å². The molecule has 0 heterocycles. The summed E-state index contributed by atoms with van der Waals surface area (Å²) in [5, 5.41) is 48.7. The number of carbonyl (C=O) groups is 7. The fourth-order valence-electron chi connectivity index (χ4n) is 1.61. The Balaban J connectivity index is -0.000000218. The van der Waals surface area contributed by atoms with Gasteiger partial charge in [0.2, 0.25) is 5.91 Å². The normalized spacial score (nSPS) is 12.4. The molecule has 0 aliphatic carbocycles. The van der Waals surface area contributed by atoms with Crippen LogP contribution in [0, 0.1) is 0 Å². The number of primary amides is 1. The highest BCUT2D eigenvalue weighted by Gasteiger charge is 2.15. The number of carbonyl (C=O) groups excluding carboxylic acids is 1. The van der Waals surface area contributed by atoms with E-state index in [0.717, 1.165) is 0 Å². The number of amides is 1. The maximum atomic E-state index is 10.2. The van der Waals surface area contributed by atoms with E-state index in [1.54, 1.807) is 0 Å². The summed E-state index contributed by atoms with van der Waals surface area (Å²) >= 11 is 0. The molecular weight excluding hydrogens is 548 g/mol. The maximum absolute atomic E-state index is 10.2. The molecule has 0 aromatic rings. The van der Waals surface area contributed by atoms with Gasteiger partial charge in [0.1, 0.15) is 24.2 Å². The first kappa shape index (κ1) is 42.5. The molecule has 0 aromatic carbocycles. The SMILES string of the molecule is NC(=O)CC[C@H](N)C(=O)O.NC(N)=NCCC[C@H](N)C(=O)O.N[C@@H](CC(=O)O)C(=O)O.N[C@@H](CC(=O)O)C(=O)O. The number of hydrogen-bond acceptors (Lipinski definition) is 12. The third kappa shape index (κ3) is 35.6. The third-order valence-electron chi connectivity index (χ3n) is 3.73. The zero-order chi connectivity index (χ0) is 32.6. The Bertz CT molecular complexity index is 833. The molecule has 0 aromatic heterocycles. The molecule has 232 valence electrons.